The van der Waals surface area contributed by atoms with Crippen molar-refractivity contribution in [3.8, 4) is 0 Å². The monoisotopic (exact) mass is 378 g/mol. The molecule has 1 aliphatic heterocycles. The maximum absolute atomic E-state index is 12.7. The van der Waals surface area contributed by atoms with Crippen LogP contribution < -0.4 is 10.2 Å². The summed E-state index contributed by atoms with van der Waals surface area (Å²) in [5, 5.41) is 3.29. The zero-order valence-corrected chi connectivity index (χ0v) is 16.9. The van der Waals surface area contributed by atoms with Crippen LogP contribution in [0.15, 0.2) is 30.3 Å². The number of fused-ring (bicyclic) bond motifs is 1. The van der Waals surface area contributed by atoms with Gasteiger partial charge in [0, 0.05) is 37.3 Å². The average Bonchev–Trinajstić information content (AvgIpc) is 2.68. The first-order valence-corrected chi connectivity index (χ1v) is 10.5. The number of amides is 1. The number of aryl methyl sites for hydroxylation is 3. The number of piperidine rings is 1. The Bertz CT molecular complexity index is 822. The van der Waals surface area contributed by atoms with Crippen molar-refractivity contribution in [1.82, 2.24) is 15.3 Å². The quantitative estimate of drug-likeness (QED) is 0.882. The highest BCUT2D eigenvalue weighted by atomic mass is 16.1. The van der Waals surface area contributed by atoms with Crippen molar-refractivity contribution in [2.24, 2.45) is 0 Å². The predicted octanol–water partition coefficient (Wildman–Crippen LogP) is 3.69. The van der Waals surface area contributed by atoms with Gasteiger partial charge in [0.05, 0.1) is 0 Å². The van der Waals surface area contributed by atoms with Gasteiger partial charge in [0.15, 0.2) is 0 Å². The Balaban J connectivity index is 1.30. The van der Waals surface area contributed by atoms with Crippen molar-refractivity contribution in [2.75, 3.05) is 18.0 Å². The second-order valence-corrected chi connectivity index (χ2v) is 8.24. The third-order valence-electron chi connectivity index (χ3n) is 6.06. The van der Waals surface area contributed by atoms with E-state index in [2.05, 4.69) is 44.5 Å². The molecule has 0 bridgehead atoms. The van der Waals surface area contributed by atoms with Crippen LogP contribution in [0, 0.1) is 13.8 Å². The highest BCUT2D eigenvalue weighted by Gasteiger charge is 2.25. The van der Waals surface area contributed by atoms with Crippen molar-refractivity contribution < 1.29 is 4.79 Å². The van der Waals surface area contributed by atoms with E-state index in [1.165, 1.54) is 17.5 Å². The summed E-state index contributed by atoms with van der Waals surface area (Å²) in [6.45, 7) is 5.79. The van der Waals surface area contributed by atoms with E-state index in [9.17, 15) is 4.79 Å². The topological polar surface area (TPSA) is 58.1 Å². The van der Waals surface area contributed by atoms with Gasteiger partial charge in [0.25, 0.3) is 0 Å². The number of nitrogens with one attached hydrogen (secondary N) is 1. The number of nitrogens with zero attached hydrogens (tertiary/aromatic N) is 3. The Morgan fingerprint density at radius 2 is 1.93 bits per heavy atom. The smallest absolute Gasteiger partial charge is 0.220 e. The van der Waals surface area contributed by atoms with Crippen molar-refractivity contribution in [2.45, 2.75) is 64.3 Å². The van der Waals surface area contributed by atoms with E-state index in [-0.39, 0.29) is 11.9 Å². The van der Waals surface area contributed by atoms with Crippen molar-refractivity contribution >= 4 is 11.7 Å². The Morgan fingerprint density at radius 1 is 1.14 bits per heavy atom. The molecule has 1 fully saturated rings. The molecule has 1 amide bonds. The molecular weight excluding hydrogens is 348 g/mol. The average molecular weight is 379 g/mol. The lowest BCUT2D eigenvalue weighted by atomic mass is 9.81. The van der Waals surface area contributed by atoms with Crippen LogP contribution in [0.1, 0.15) is 60.7 Å². The van der Waals surface area contributed by atoms with Crippen LogP contribution in [0.2, 0.25) is 0 Å². The summed E-state index contributed by atoms with van der Waals surface area (Å²) >= 11 is 0. The minimum absolute atomic E-state index is 0.203. The summed E-state index contributed by atoms with van der Waals surface area (Å²) in [5.41, 5.74) is 3.81. The molecule has 0 spiro atoms. The maximum Gasteiger partial charge on any atom is 0.220 e. The van der Waals surface area contributed by atoms with Gasteiger partial charge in [-0.2, -0.15) is 0 Å². The van der Waals surface area contributed by atoms with E-state index in [4.69, 9.17) is 0 Å². The highest BCUT2D eigenvalue weighted by molar-refractivity contribution is 5.77. The second-order valence-electron chi connectivity index (χ2n) is 8.24. The summed E-state index contributed by atoms with van der Waals surface area (Å²) in [6, 6.07) is 10.9. The SMILES string of the molecule is Cc1cc(N2CCC(NC(=O)CC3CCCc4ccccc43)CC2)nc(C)n1. The van der Waals surface area contributed by atoms with Crippen LogP contribution in [0.3, 0.4) is 0 Å². The Hall–Kier alpha value is -2.43. The van der Waals surface area contributed by atoms with Gasteiger partial charge in [0.2, 0.25) is 5.91 Å². The molecule has 28 heavy (non-hydrogen) atoms. The first-order chi connectivity index (χ1) is 13.6. The lowest BCUT2D eigenvalue weighted by Crippen LogP contribution is -2.45. The molecule has 1 aromatic heterocycles. The van der Waals surface area contributed by atoms with Gasteiger partial charge in [-0.05, 0) is 63.0 Å². The summed E-state index contributed by atoms with van der Waals surface area (Å²) in [7, 11) is 0. The van der Waals surface area contributed by atoms with Gasteiger partial charge in [-0.3, -0.25) is 4.79 Å². The van der Waals surface area contributed by atoms with E-state index < -0.39 is 0 Å². The molecule has 1 aliphatic carbocycles. The van der Waals surface area contributed by atoms with E-state index in [1.807, 2.05) is 19.9 Å². The predicted molar refractivity (Wildman–Crippen MR) is 112 cm³/mol. The Labute approximate surface area is 167 Å². The molecule has 1 atom stereocenters. The fraction of sp³-hybridized carbons (Fsp3) is 0.522. The summed E-state index contributed by atoms with van der Waals surface area (Å²) in [6.07, 6.45) is 6.00. The number of anilines is 1. The molecule has 148 valence electrons. The number of rotatable bonds is 4. The molecule has 0 saturated carbocycles. The van der Waals surface area contributed by atoms with Crippen LogP contribution in [0.25, 0.3) is 0 Å². The molecule has 5 heteroatoms. The zero-order valence-electron chi connectivity index (χ0n) is 16.9. The number of carbonyl (C=O) groups is 1. The van der Waals surface area contributed by atoms with Gasteiger partial charge in [0.1, 0.15) is 11.6 Å². The molecule has 2 aromatic rings. The summed E-state index contributed by atoms with van der Waals surface area (Å²) in [5.74, 6) is 2.40. The van der Waals surface area contributed by atoms with Crippen molar-refractivity contribution in [3.63, 3.8) is 0 Å². The third-order valence-corrected chi connectivity index (χ3v) is 6.06. The molecule has 0 radical (unpaired) electrons. The van der Waals surface area contributed by atoms with Crippen LogP contribution in [-0.4, -0.2) is 35.0 Å². The lowest BCUT2D eigenvalue weighted by Gasteiger charge is -2.34. The summed E-state index contributed by atoms with van der Waals surface area (Å²) in [4.78, 5) is 23.9. The van der Waals surface area contributed by atoms with E-state index >= 15 is 0 Å². The second kappa shape index (κ2) is 8.29. The normalized spacial score (nSPS) is 19.9. The zero-order chi connectivity index (χ0) is 19.5. The largest absolute Gasteiger partial charge is 0.356 e. The first kappa shape index (κ1) is 18.9. The minimum atomic E-state index is 0.203. The van der Waals surface area contributed by atoms with Gasteiger partial charge in [-0.1, -0.05) is 24.3 Å². The number of benzene rings is 1. The summed E-state index contributed by atoms with van der Waals surface area (Å²) < 4.78 is 0. The first-order valence-electron chi connectivity index (χ1n) is 10.5. The molecule has 5 nitrogen and oxygen atoms in total. The molecule has 1 saturated heterocycles. The van der Waals surface area contributed by atoms with Crippen LogP contribution in [0.5, 0.6) is 0 Å². The Kier molecular flexibility index (Phi) is 5.60. The fourth-order valence-electron chi connectivity index (χ4n) is 4.69. The molecule has 1 unspecified atom stereocenters. The van der Waals surface area contributed by atoms with Crippen molar-refractivity contribution in [1.29, 1.82) is 0 Å². The van der Waals surface area contributed by atoms with Crippen LogP contribution in [0.4, 0.5) is 5.82 Å². The minimum Gasteiger partial charge on any atom is -0.356 e. The van der Waals surface area contributed by atoms with E-state index in [0.717, 1.165) is 56.1 Å². The molecule has 1 aromatic carbocycles. The molecule has 2 aliphatic rings. The highest BCUT2D eigenvalue weighted by Crippen LogP contribution is 2.33. The van der Waals surface area contributed by atoms with Crippen molar-refractivity contribution in [3.05, 3.63) is 53.0 Å². The van der Waals surface area contributed by atoms with Crippen LogP contribution >= 0.6 is 0 Å². The van der Waals surface area contributed by atoms with Gasteiger partial charge >= 0.3 is 0 Å². The molecule has 1 N–H and O–H groups in total. The number of aromatic nitrogens is 2. The van der Waals surface area contributed by atoms with E-state index in [0.29, 0.717) is 12.3 Å². The molecular formula is C23H30N4O. The van der Waals surface area contributed by atoms with Gasteiger partial charge in [-0.25, -0.2) is 9.97 Å². The standard InChI is InChI=1S/C23H30N4O/c1-16-14-22(25-17(2)24-16)27-12-10-20(11-13-27)26-23(28)15-19-8-5-7-18-6-3-4-9-21(18)19/h3-4,6,9,14,19-20H,5,7-8,10-13,15H2,1-2H3,(H,26,28). The number of carbonyl (C=O) groups excluding carboxylic acids is 1. The molecule has 4 rings (SSSR count). The number of hydrogen-bond acceptors (Lipinski definition) is 4. The molecule has 2 heterocycles. The van der Waals surface area contributed by atoms with E-state index in [1.54, 1.807) is 0 Å². The lowest BCUT2D eigenvalue weighted by molar-refractivity contribution is -0.122. The number of hydrogen-bond donors (Lipinski definition) is 1. The van der Waals surface area contributed by atoms with Gasteiger partial charge < -0.3 is 10.2 Å². The fourth-order valence-corrected chi connectivity index (χ4v) is 4.69. The van der Waals surface area contributed by atoms with Crippen LogP contribution in [-0.2, 0) is 11.2 Å². The maximum atomic E-state index is 12.7. The Morgan fingerprint density at radius 3 is 2.71 bits per heavy atom. The third kappa shape index (κ3) is 4.34. The van der Waals surface area contributed by atoms with Gasteiger partial charge in [-0.15, -0.1) is 0 Å².